The van der Waals surface area contributed by atoms with Gasteiger partial charge in [-0.05, 0) is 33.6 Å². The molecule has 1 aromatic heterocycles. The Morgan fingerprint density at radius 2 is 2.24 bits per heavy atom. The first kappa shape index (κ1) is 12.0. The Morgan fingerprint density at radius 3 is 2.94 bits per heavy atom. The van der Waals surface area contributed by atoms with Crippen molar-refractivity contribution in [1.82, 2.24) is 9.97 Å². The maximum absolute atomic E-state index is 13.0. The van der Waals surface area contributed by atoms with E-state index in [-0.39, 0.29) is 5.82 Å². The highest BCUT2D eigenvalue weighted by atomic mass is 79.9. The molecule has 0 saturated carbocycles. The molecule has 2 rings (SSSR count). The van der Waals surface area contributed by atoms with Crippen LogP contribution in [0.25, 0.3) is 0 Å². The molecule has 0 atom stereocenters. The highest BCUT2D eigenvalue weighted by Crippen LogP contribution is 2.18. The van der Waals surface area contributed by atoms with Crippen LogP contribution in [0.2, 0.25) is 0 Å². The van der Waals surface area contributed by atoms with E-state index in [1.54, 1.807) is 19.3 Å². The fourth-order valence-corrected chi connectivity index (χ4v) is 1.88. The van der Waals surface area contributed by atoms with E-state index in [0.29, 0.717) is 12.2 Å². The van der Waals surface area contributed by atoms with Crippen LogP contribution in [-0.4, -0.2) is 17.0 Å². The van der Waals surface area contributed by atoms with Gasteiger partial charge in [0.2, 0.25) is 0 Å². The predicted molar refractivity (Wildman–Crippen MR) is 68.5 cm³/mol. The zero-order valence-corrected chi connectivity index (χ0v) is 10.8. The number of nitrogens with one attached hydrogen (secondary N) is 1. The molecule has 1 N–H and O–H groups in total. The van der Waals surface area contributed by atoms with Crippen LogP contribution in [0.3, 0.4) is 0 Å². The maximum Gasteiger partial charge on any atom is 0.143 e. The van der Waals surface area contributed by atoms with Crippen molar-refractivity contribution in [3.8, 4) is 0 Å². The summed E-state index contributed by atoms with van der Waals surface area (Å²) in [5.41, 5.74) is 0.856. The Kier molecular flexibility index (Phi) is 3.68. The van der Waals surface area contributed by atoms with Gasteiger partial charge < -0.3 is 5.32 Å². The van der Waals surface area contributed by atoms with E-state index in [4.69, 9.17) is 0 Å². The summed E-state index contributed by atoms with van der Waals surface area (Å²) in [6.07, 6.45) is 2.20. The van der Waals surface area contributed by atoms with Gasteiger partial charge in [0.15, 0.2) is 0 Å². The molecule has 3 nitrogen and oxygen atoms in total. The first-order chi connectivity index (χ1) is 8.19. The molecule has 0 saturated heterocycles. The van der Waals surface area contributed by atoms with Crippen LogP contribution in [0.1, 0.15) is 11.4 Å². The number of anilines is 1. The summed E-state index contributed by atoms with van der Waals surface area (Å²) in [6.45, 7) is 0. The fraction of sp³-hybridized carbons (Fsp3) is 0.167. The van der Waals surface area contributed by atoms with Crippen molar-refractivity contribution < 1.29 is 4.39 Å². The summed E-state index contributed by atoms with van der Waals surface area (Å²) >= 11 is 3.34. The van der Waals surface area contributed by atoms with Crippen LogP contribution >= 0.6 is 15.9 Å². The van der Waals surface area contributed by atoms with Gasteiger partial charge in [0.1, 0.15) is 17.5 Å². The molecule has 0 aliphatic heterocycles. The summed E-state index contributed by atoms with van der Waals surface area (Å²) in [7, 11) is 1.79. The lowest BCUT2D eigenvalue weighted by molar-refractivity contribution is 0.626. The van der Waals surface area contributed by atoms with E-state index in [1.807, 2.05) is 6.07 Å². The van der Waals surface area contributed by atoms with Gasteiger partial charge in [0.25, 0.3) is 0 Å². The van der Waals surface area contributed by atoms with Crippen molar-refractivity contribution in [2.45, 2.75) is 6.42 Å². The summed E-state index contributed by atoms with van der Waals surface area (Å²) in [5, 5.41) is 2.96. The van der Waals surface area contributed by atoms with Gasteiger partial charge >= 0.3 is 0 Å². The lowest BCUT2D eigenvalue weighted by atomic mass is 10.1. The quantitative estimate of drug-likeness (QED) is 0.946. The molecule has 0 aliphatic carbocycles. The molecule has 1 aromatic carbocycles. The number of benzene rings is 1. The minimum Gasteiger partial charge on any atom is -0.372 e. The van der Waals surface area contributed by atoms with E-state index < -0.39 is 0 Å². The molecule has 0 fully saturated rings. The topological polar surface area (TPSA) is 37.8 Å². The first-order valence-electron chi connectivity index (χ1n) is 5.12. The zero-order chi connectivity index (χ0) is 12.3. The lowest BCUT2D eigenvalue weighted by Crippen LogP contribution is -2.01. The van der Waals surface area contributed by atoms with Gasteiger partial charge in [0.05, 0.1) is 4.47 Å². The normalized spacial score (nSPS) is 10.3. The first-order valence-corrected chi connectivity index (χ1v) is 5.92. The number of nitrogens with zero attached hydrogens (tertiary/aromatic N) is 2. The van der Waals surface area contributed by atoms with Crippen molar-refractivity contribution >= 4 is 21.7 Å². The molecule has 88 valence electrons. The SMILES string of the molecule is CNc1nc(Cc2cccc(F)c2)ncc1Br. The third-order valence-corrected chi connectivity index (χ3v) is 2.86. The van der Waals surface area contributed by atoms with Crippen LogP contribution < -0.4 is 5.32 Å². The highest BCUT2D eigenvalue weighted by Gasteiger charge is 2.05. The standard InChI is InChI=1S/C12H11BrFN3/c1-15-12-10(13)7-16-11(17-12)6-8-3-2-4-9(14)5-8/h2-5,7H,6H2,1H3,(H,15,16,17). The Bertz CT molecular complexity index is 531. The maximum atomic E-state index is 13.0. The number of hydrogen-bond donors (Lipinski definition) is 1. The molecule has 0 bridgehead atoms. The number of halogens is 2. The Labute approximate surface area is 107 Å². The Morgan fingerprint density at radius 1 is 1.41 bits per heavy atom. The molecular formula is C12H11BrFN3. The van der Waals surface area contributed by atoms with Crippen molar-refractivity contribution in [3.63, 3.8) is 0 Å². The number of rotatable bonds is 3. The molecule has 2 aromatic rings. The van der Waals surface area contributed by atoms with Crippen molar-refractivity contribution in [1.29, 1.82) is 0 Å². The summed E-state index contributed by atoms with van der Waals surface area (Å²) < 4.78 is 13.8. The van der Waals surface area contributed by atoms with Crippen LogP contribution in [0.15, 0.2) is 34.9 Å². The average Bonchev–Trinajstić information content (AvgIpc) is 2.32. The van der Waals surface area contributed by atoms with E-state index in [0.717, 1.165) is 15.9 Å². The van der Waals surface area contributed by atoms with Crippen LogP contribution in [-0.2, 0) is 6.42 Å². The van der Waals surface area contributed by atoms with Gasteiger partial charge in [0, 0.05) is 19.7 Å². The van der Waals surface area contributed by atoms with Gasteiger partial charge in [-0.3, -0.25) is 0 Å². The smallest absolute Gasteiger partial charge is 0.143 e. The number of hydrogen-bond acceptors (Lipinski definition) is 3. The molecule has 0 unspecified atom stereocenters. The minimum absolute atomic E-state index is 0.242. The van der Waals surface area contributed by atoms with Crippen molar-refractivity contribution in [2.24, 2.45) is 0 Å². The summed E-state index contributed by atoms with van der Waals surface area (Å²) in [6, 6.07) is 6.45. The zero-order valence-electron chi connectivity index (χ0n) is 9.24. The molecule has 0 aliphatic rings. The highest BCUT2D eigenvalue weighted by molar-refractivity contribution is 9.10. The van der Waals surface area contributed by atoms with E-state index in [2.05, 4.69) is 31.2 Å². The molecule has 0 radical (unpaired) electrons. The second-order valence-electron chi connectivity index (χ2n) is 3.54. The lowest BCUT2D eigenvalue weighted by Gasteiger charge is -2.05. The largest absolute Gasteiger partial charge is 0.372 e. The van der Waals surface area contributed by atoms with Crippen molar-refractivity contribution in [3.05, 3.63) is 52.1 Å². The van der Waals surface area contributed by atoms with Crippen LogP contribution in [0.4, 0.5) is 10.2 Å². The number of aromatic nitrogens is 2. The van der Waals surface area contributed by atoms with Gasteiger partial charge in [-0.1, -0.05) is 12.1 Å². The third-order valence-electron chi connectivity index (χ3n) is 2.28. The second-order valence-corrected chi connectivity index (χ2v) is 4.39. The van der Waals surface area contributed by atoms with Gasteiger partial charge in [-0.25, -0.2) is 14.4 Å². The fourth-order valence-electron chi connectivity index (χ4n) is 1.49. The second kappa shape index (κ2) is 5.23. The van der Waals surface area contributed by atoms with Crippen LogP contribution in [0, 0.1) is 5.82 Å². The molecular weight excluding hydrogens is 285 g/mol. The monoisotopic (exact) mass is 295 g/mol. The molecule has 5 heteroatoms. The Balaban J connectivity index is 2.24. The van der Waals surface area contributed by atoms with Gasteiger partial charge in [-0.15, -0.1) is 0 Å². The van der Waals surface area contributed by atoms with E-state index >= 15 is 0 Å². The van der Waals surface area contributed by atoms with E-state index in [1.165, 1.54) is 12.1 Å². The molecule has 0 spiro atoms. The minimum atomic E-state index is -0.242. The van der Waals surface area contributed by atoms with Crippen molar-refractivity contribution in [2.75, 3.05) is 12.4 Å². The molecule has 1 heterocycles. The predicted octanol–water partition coefficient (Wildman–Crippen LogP) is 3.01. The van der Waals surface area contributed by atoms with E-state index in [9.17, 15) is 4.39 Å². The third kappa shape index (κ3) is 3.00. The van der Waals surface area contributed by atoms with Crippen LogP contribution in [0.5, 0.6) is 0 Å². The van der Waals surface area contributed by atoms with Gasteiger partial charge in [-0.2, -0.15) is 0 Å². The Hall–Kier alpha value is -1.49. The molecule has 17 heavy (non-hydrogen) atoms. The summed E-state index contributed by atoms with van der Waals surface area (Å²) in [4.78, 5) is 8.52. The molecule has 0 amide bonds. The summed E-state index contributed by atoms with van der Waals surface area (Å²) in [5.74, 6) is 1.14. The average molecular weight is 296 g/mol.